The van der Waals surface area contributed by atoms with Gasteiger partial charge in [0.15, 0.2) is 5.67 Å². The minimum atomic E-state index is -4.96. The van der Waals surface area contributed by atoms with Gasteiger partial charge in [0.2, 0.25) is 0 Å². The van der Waals surface area contributed by atoms with Gasteiger partial charge in [0.25, 0.3) is 0 Å². The predicted molar refractivity (Wildman–Crippen MR) is 215 cm³/mol. The molecule has 4 fully saturated rings. The van der Waals surface area contributed by atoms with Gasteiger partial charge in [-0.05, 0) is 44.2 Å². The Morgan fingerprint density at radius 2 is 1.09 bits per heavy atom. The molecule has 25 heteroatoms. The zero-order valence-electron chi connectivity index (χ0n) is 36.2. The molecule has 0 radical (unpaired) electrons. The first-order chi connectivity index (χ1) is 30.9. The van der Waals surface area contributed by atoms with E-state index < -0.39 is 77.7 Å². The summed E-state index contributed by atoms with van der Waals surface area (Å²) >= 11 is 0. The summed E-state index contributed by atoms with van der Waals surface area (Å²) in [5, 5.41) is 29.5. The highest BCUT2D eigenvalue weighted by Gasteiger charge is 2.48. The molecule has 4 aliphatic rings. The Morgan fingerprint density at radius 1 is 0.682 bits per heavy atom. The minimum absolute atomic E-state index is 0.00412. The standard InChI is InChI=1S/C21H28F4N4O4.C20H25F5N4O4/c1-20(12-30)8-15(10-28(11-20)18(31)26-2)29(14-4-5-14)19(32)27-9-13-3-6-16(7-17(13)22)33-21(23,24)25;1-26-17(31)28-9-14(7-19(22,10-28)11-30)29(13-3-4-13)18(32)27-8-12-2-5-15(6-16(12)21)33-20(23,24)25/h3,6-7,14-15,30H,4-5,8-12H2,1-2H3,(H,26,31)(H,27,32);2,5-6,13-14,30H,3-4,7-11H2,1H3,(H,26,31)(H,27,32)/t15?,20-;14?,19-/m11/s1. The van der Waals surface area contributed by atoms with Crippen LogP contribution in [0, 0.1) is 17.0 Å². The summed E-state index contributed by atoms with van der Waals surface area (Å²) < 4.78 is 125. The van der Waals surface area contributed by atoms with Crippen LogP contribution < -0.4 is 30.7 Å². The highest BCUT2D eigenvalue weighted by molar-refractivity contribution is 5.77. The van der Waals surface area contributed by atoms with Gasteiger partial charge in [-0.3, -0.25) is 0 Å². The largest absolute Gasteiger partial charge is 0.573 e. The van der Waals surface area contributed by atoms with Crippen molar-refractivity contribution in [1.29, 1.82) is 0 Å². The van der Waals surface area contributed by atoms with Crippen molar-refractivity contribution < 1.29 is 78.4 Å². The fourth-order valence-electron chi connectivity index (χ4n) is 8.14. The molecule has 2 aromatic carbocycles. The molecule has 16 nitrogen and oxygen atoms in total. The number of hydrogen-bond acceptors (Lipinski definition) is 8. The van der Waals surface area contributed by atoms with Crippen molar-refractivity contribution in [1.82, 2.24) is 40.9 Å². The van der Waals surface area contributed by atoms with Gasteiger partial charge in [-0.2, -0.15) is 0 Å². The lowest BCUT2D eigenvalue weighted by atomic mass is 9.80. The number of carbonyl (C=O) groups is 4. The molecule has 2 aromatic rings. The number of aliphatic hydroxyl groups is 2. The Morgan fingerprint density at radius 3 is 1.44 bits per heavy atom. The summed E-state index contributed by atoms with van der Waals surface area (Å²) in [6.45, 7) is 0.663. The van der Waals surface area contributed by atoms with Gasteiger partial charge in [-0.15, -0.1) is 26.3 Å². The molecule has 6 N–H and O–H groups in total. The van der Waals surface area contributed by atoms with Crippen LogP contribution in [-0.2, 0) is 13.1 Å². The van der Waals surface area contributed by atoms with Crippen molar-refractivity contribution in [3.05, 3.63) is 59.2 Å². The predicted octanol–water partition coefficient (Wildman–Crippen LogP) is 5.32. The fourth-order valence-corrected chi connectivity index (χ4v) is 8.14. The molecule has 4 atom stereocenters. The number of halogens is 9. The second kappa shape index (κ2) is 20.9. The number of piperidine rings is 2. The number of hydrogen-bond donors (Lipinski definition) is 6. The molecule has 2 heterocycles. The fraction of sp³-hybridized carbons (Fsp3) is 0.610. The van der Waals surface area contributed by atoms with Crippen molar-refractivity contribution >= 4 is 24.1 Å². The Labute approximate surface area is 373 Å². The second-order valence-corrected chi connectivity index (χ2v) is 17.1. The lowest BCUT2D eigenvalue weighted by Crippen LogP contribution is -2.62. The number of alkyl halides is 7. The molecular formula is C41H53F9N8O8. The summed E-state index contributed by atoms with van der Waals surface area (Å²) in [5.74, 6) is -3.35. The number of benzene rings is 2. The molecule has 2 aliphatic carbocycles. The van der Waals surface area contributed by atoms with Crippen molar-refractivity contribution in [2.75, 3.05) is 53.5 Å². The lowest BCUT2D eigenvalue weighted by molar-refractivity contribution is -0.275. The third-order valence-electron chi connectivity index (χ3n) is 11.4. The molecule has 66 heavy (non-hydrogen) atoms. The minimum Gasteiger partial charge on any atom is -0.406 e. The molecule has 2 unspecified atom stereocenters. The molecule has 368 valence electrons. The maximum absolute atomic E-state index is 15.1. The molecule has 2 saturated carbocycles. The van der Waals surface area contributed by atoms with E-state index in [1.165, 1.54) is 23.9 Å². The number of nitrogens with one attached hydrogen (secondary N) is 4. The maximum Gasteiger partial charge on any atom is 0.573 e. The number of amides is 8. The molecule has 0 bridgehead atoms. The highest BCUT2D eigenvalue weighted by Crippen LogP contribution is 2.38. The van der Waals surface area contributed by atoms with Crippen LogP contribution in [0.25, 0.3) is 0 Å². The van der Waals surface area contributed by atoms with Crippen molar-refractivity contribution in [2.24, 2.45) is 5.41 Å². The Kier molecular flexibility index (Phi) is 16.3. The monoisotopic (exact) mass is 956 g/mol. The van der Waals surface area contributed by atoms with Crippen LogP contribution in [0.3, 0.4) is 0 Å². The molecular weight excluding hydrogens is 903 g/mol. The van der Waals surface area contributed by atoms with Gasteiger partial charge < -0.3 is 60.6 Å². The molecule has 0 spiro atoms. The number of likely N-dealkylation sites (tertiary alicyclic amines) is 2. The first-order valence-electron chi connectivity index (χ1n) is 20.9. The third-order valence-corrected chi connectivity index (χ3v) is 11.4. The van der Waals surface area contributed by atoms with E-state index in [0.29, 0.717) is 37.9 Å². The van der Waals surface area contributed by atoms with Crippen LogP contribution in [0.1, 0.15) is 56.6 Å². The van der Waals surface area contributed by atoms with E-state index in [-0.39, 0.29) is 81.0 Å². The van der Waals surface area contributed by atoms with Crippen LogP contribution in [-0.4, -0.2) is 150 Å². The van der Waals surface area contributed by atoms with Crippen LogP contribution in [0.4, 0.5) is 58.7 Å². The van der Waals surface area contributed by atoms with E-state index in [1.807, 2.05) is 6.92 Å². The van der Waals surface area contributed by atoms with Crippen LogP contribution >= 0.6 is 0 Å². The van der Waals surface area contributed by atoms with Crippen molar-refractivity contribution in [3.8, 4) is 11.5 Å². The summed E-state index contributed by atoms with van der Waals surface area (Å²) in [4.78, 5) is 56.1. The topological polar surface area (TPSA) is 188 Å². The van der Waals surface area contributed by atoms with Crippen LogP contribution in [0.2, 0.25) is 0 Å². The van der Waals surface area contributed by atoms with Gasteiger partial charge in [-0.1, -0.05) is 19.1 Å². The Bertz CT molecular complexity index is 1900. The van der Waals surface area contributed by atoms with Gasteiger partial charge in [-0.25, -0.2) is 32.3 Å². The molecule has 2 aliphatic heterocycles. The highest BCUT2D eigenvalue weighted by atomic mass is 19.4. The van der Waals surface area contributed by atoms with E-state index in [9.17, 15) is 64.5 Å². The van der Waals surface area contributed by atoms with E-state index in [0.717, 1.165) is 37.1 Å². The first-order valence-corrected chi connectivity index (χ1v) is 20.9. The number of urea groups is 4. The van der Waals surface area contributed by atoms with Crippen LogP contribution in [0.5, 0.6) is 11.5 Å². The average Bonchev–Trinajstić information content (AvgIpc) is 4.19. The Balaban J connectivity index is 0.000000247. The smallest absolute Gasteiger partial charge is 0.406 e. The maximum atomic E-state index is 15.1. The van der Waals surface area contributed by atoms with E-state index in [2.05, 4.69) is 30.7 Å². The quantitative estimate of drug-likeness (QED) is 0.154. The van der Waals surface area contributed by atoms with E-state index in [1.54, 1.807) is 9.80 Å². The van der Waals surface area contributed by atoms with Crippen molar-refractivity contribution in [3.63, 3.8) is 0 Å². The zero-order valence-corrected chi connectivity index (χ0v) is 36.2. The number of carbonyl (C=O) groups excluding carboxylic acids is 4. The van der Waals surface area contributed by atoms with Gasteiger partial charge in [0.1, 0.15) is 23.1 Å². The molecule has 2 saturated heterocycles. The van der Waals surface area contributed by atoms with Crippen molar-refractivity contribution in [2.45, 2.75) is 101 Å². The van der Waals surface area contributed by atoms with Gasteiger partial charge in [0, 0.05) is 94.0 Å². The molecule has 8 amide bonds. The molecule has 6 rings (SSSR count). The normalized spacial score (nSPS) is 23.1. The third kappa shape index (κ3) is 14.2. The van der Waals surface area contributed by atoms with Gasteiger partial charge >= 0.3 is 36.8 Å². The Hall–Kier alpha value is -5.59. The number of nitrogens with zero attached hydrogens (tertiary/aromatic N) is 4. The zero-order chi connectivity index (χ0) is 48.8. The van der Waals surface area contributed by atoms with Crippen LogP contribution in [0.15, 0.2) is 36.4 Å². The summed E-state index contributed by atoms with van der Waals surface area (Å²) in [7, 11) is 2.89. The summed E-state index contributed by atoms with van der Waals surface area (Å²) in [5.41, 5.74) is -2.75. The van der Waals surface area contributed by atoms with Gasteiger partial charge in [0.05, 0.1) is 31.8 Å². The average molecular weight is 957 g/mol. The summed E-state index contributed by atoms with van der Waals surface area (Å²) in [6, 6.07) is 2.01. The number of rotatable bonds is 12. The van der Waals surface area contributed by atoms with E-state index >= 15 is 4.39 Å². The second-order valence-electron chi connectivity index (χ2n) is 17.1. The van der Waals surface area contributed by atoms with E-state index in [4.69, 9.17) is 0 Å². The molecule has 0 aromatic heterocycles. The first kappa shape index (κ1) is 51.4. The number of ether oxygens (including phenoxy) is 2. The lowest BCUT2D eigenvalue weighted by Gasteiger charge is -2.47. The SMILES string of the molecule is CNC(=O)N1CC(N(C(=O)NCc2ccc(OC(F)(F)F)cc2F)C2CC2)C[C@@](C)(CO)C1.CNC(=O)N1CC(N(C(=O)NCc2ccc(OC(F)(F)F)cc2F)C2CC2)C[C@](F)(CO)C1. The number of aliphatic hydroxyl groups excluding tert-OH is 2. The summed E-state index contributed by atoms with van der Waals surface area (Å²) in [6.07, 6.45) is -6.68.